The number of nitrogens with one attached hydrogen (secondary N) is 2. The normalized spacial score (nSPS) is 22.8. The molecule has 1 spiro atoms. The molecule has 126 valence electrons. The zero-order valence-corrected chi connectivity index (χ0v) is 14.0. The van der Waals surface area contributed by atoms with Crippen LogP contribution in [0, 0.1) is 5.41 Å². The van der Waals surface area contributed by atoms with Crippen LogP contribution in [0.4, 0.5) is 17.6 Å². The summed E-state index contributed by atoms with van der Waals surface area (Å²) in [6.07, 6.45) is 5.65. The van der Waals surface area contributed by atoms with Crippen LogP contribution in [0.3, 0.4) is 0 Å². The molecule has 3 aliphatic rings. The first-order chi connectivity index (χ1) is 11.7. The highest BCUT2D eigenvalue weighted by Gasteiger charge is 2.47. The van der Waals surface area contributed by atoms with E-state index >= 15 is 0 Å². The van der Waals surface area contributed by atoms with Gasteiger partial charge in [-0.25, -0.2) is 4.98 Å². The number of H-pyrrole nitrogens is 1. The molecule has 0 radical (unpaired) electrons. The molecule has 7 heteroatoms. The molecule has 0 aromatic carbocycles. The van der Waals surface area contributed by atoms with Crippen LogP contribution in [0.15, 0.2) is 18.3 Å². The molecule has 5 rings (SSSR count). The fourth-order valence-corrected chi connectivity index (χ4v) is 4.03. The Morgan fingerprint density at radius 2 is 2.12 bits per heavy atom. The highest BCUT2D eigenvalue weighted by molar-refractivity contribution is 5.54. The maximum atomic E-state index is 4.67. The third-order valence-electron chi connectivity index (χ3n) is 5.48. The Kier molecular flexibility index (Phi) is 3.06. The van der Waals surface area contributed by atoms with Crippen molar-refractivity contribution < 1.29 is 0 Å². The van der Waals surface area contributed by atoms with Crippen LogP contribution in [0.1, 0.15) is 30.9 Å². The van der Waals surface area contributed by atoms with Crippen LogP contribution in [0.5, 0.6) is 0 Å². The van der Waals surface area contributed by atoms with E-state index in [0.717, 1.165) is 30.7 Å². The lowest BCUT2D eigenvalue weighted by Crippen LogP contribution is -2.58. The average Bonchev–Trinajstić information content (AvgIpc) is 3.17. The molecule has 0 atom stereocenters. The van der Waals surface area contributed by atoms with E-state index in [2.05, 4.69) is 48.4 Å². The smallest absolute Gasteiger partial charge is 0.227 e. The quantitative estimate of drug-likeness (QED) is 0.895. The molecule has 2 aliphatic heterocycles. The summed E-state index contributed by atoms with van der Waals surface area (Å²) in [7, 11) is 2.21. The van der Waals surface area contributed by atoms with Gasteiger partial charge in [0, 0.05) is 48.9 Å². The lowest BCUT2D eigenvalue weighted by atomic mass is 9.79. The van der Waals surface area contributed by atoms with Gasteiger partial charge in [-0.2, -0.15) is 10.1 Å². The van der Waals surface area contributed by atoms with E-state index in [1.54, 1.807) is 0 Å². The van der Waals surface area contributed by atoms with Gasteiger partial charge in [-0.3, -0.25) is 5.10 Å². The van der Waals surface area contributed by atoms with Gasteiger partial charge in [-0.1, -0.05) is 0 Å². The summed E-state index contributed by atoms with van der Waals surface area (Å²) in [6.45, 7) is 4.53. The fourth-order valence-electron chi connectivity index (χ4n) is 4.03. The minimum atomic E-state index is 0.461. The standard InChI is InChI=1S/C17H23N7/c1-23-7-5-17(9-23)10-24(11-17)16-18-6-4-14(20-16)19-15-8-13(21-22-15)12-2-3-12/h4,6,8,12H,2-3,5,7,9-11H2,1H3,(H2,18,19,20,21,22). The molecule has 7 nitrogen and oxygen atoms in total. The summed E-state index contributed by atoms with van der Waals surface area (Å²) in [5.74, 6) is 3.13. The van der Waals surface area contributed by atoms with Crippen molar-refractivity contribution in [1.29, 1.82) is 0 Å². The molecule has 1 aliphatic carbocycles. The zero-order chi connectivity index (χ0) is 16.1. The second kappa shape index (κ2) is 5.17. The number of aromatic nitrogens is 4. The Balaban J connectivity index is 1.26. The summed E-state index contributed by atoms with van der Waals surface area (Å²) in [5, 5.41) is 10.7. The summed E-state index contributed by atoms with van der Waals surface area (Å²) >= 11 is 0. The van der Waals surface area contributed by atoms with Gasteiger partial charge >= 0.3 is 0 Å². The van der Waals surface area contributed by atoms with Crippen LogP contribution in [0.25, 0.3) is 0 Å². The van der Waals surface area contributed by atoms with Crippen molar-refractivity contribution in [3.05, 3.63) is 24.0 Å². The third-order valence-corrected chi connectivity index (χ3v) is 5.48. The van der Waals surface area contributed by atoms with Crippen molar-refractivity contribution in [3.63, 3.8) is 0 Å². The number of aromatic amines is 1. The van der Waals surface area contributed by atoms with Gasteiger partial charge in [-0.15, -0.1) is 0 Å². The number of likely N-dealkylation sites (tertiary alicyclic amines) is 1. The van der Waals surface area contributed by atoms with Gasteiger partial charge in [0.05, 0.1) is 0 Å². The zero-order valence-electron chi connectivity index (χ0n) is 14.0. The lowest BCUT2D eigenvalue weighted by Gasteiger charge is -2.48. The first-order valence-electron chi connectivity index (χ1n) is 8.78. The summed E-state index contributed by atoms with van der Waals surface area (Å²) in [4.78, 5) is 13.8. The molecule has 2 N–H and O–H groups in total. The highest BCUT2D eigenvalue weighted by Crippen LogP contribution is 2.41. The average molecular weight is 325 g/mol. The van der Waals surface area contributed by atoms with Crippen molar-refractivity contribution in [2.24, 2.45) is 5.41 Å². The number of rotatable bonds is 4. The van der Waals surface area contributed by atoms with Crippen LogP contribution in [-0.2, 0) is 0 Å². The van der Waals surface area contributed by atoms with Crippen molar-refractivity contribution in [1.82, 2.24) is 25.1 Å². The highest BCUT2D eigenvalue weighted by atomic mass is 15.3. The van der Waals surface area contributed by atoms with E-state index in [0.29, 0.717) is 11.3 Å². The molecule has 0 unspecified atom stereocenters. The summed E-state index contributed by atoms with van der Waals surface area (Å²) in [5.41, 5.74) is 1.69. The maximum absolute atomic E-state index is 4.67. The molecule has 0 amide bonds. The lowest BCUT2D eigenvalue weighted by molar-refractivity contribution is 0.215. The Hall–Kier alpha value is -2.15. The van der Waals surface area contributed by atoms with Gasteiger partial charge in [0.2, 0.25) is 5.95 Å². The van der Waals surface area contributed by atoms with Gasteiger partial charge < -0.3 is 15.1 Å². The summed E-state index contributed by atoms with van der Waals surface area (Å²) in [6, 6.07) is 3.99. The van der Waals surface area contributed by atoms with Crippen molar-refractivity contribution in [2.45, 2.75) is 25.2 Å². The Morgan fingerprint density at radius 1 is 1.25 bits per heavy atom. The molecule has 24 heavy (non-hydrogen) atoms. The topological polar surface area (TPSA) is 73.0 Å². The first kappa shape index (κ1) is 14.2. The molecule has 2 saturated heterocycles. The van der Waals surface area contributed by atoms with Crippen LogP contribution in [-0.4, -0.2) is 58.3 Å². The van der Waals surface area contributed by atoms with Gasteiger partial charge in [0.1, 0.15) is 5.82 Å². The molecule has 2 aromatic heterocycles. The van der Waals surface area contributed by atoms with Gasteiger partial charge in [0.25, 0.3) is 0 Å². The number of hydrogen-bond acceptors (Lipinski definition) is 6. The van der Waals surface area contributed by atoms with Crippen molar-refractivity contribution >= 4 is 17.6 Å². The first-order valence-corrected chi connectivity index (χ1v) is 8.78. The third kappa shape index (κ3) is 2.53. The van der Waals surface area contributed by atoms with E-state index in [1.165, 1.54) is 38.0 Å². The van der Waals surface area contributed by atoms with Crippen LogP contribution >= 0.6 is 0 Å². The molecule has 1 saturated carbocycles. The SMILES string of the molecule is CN1CCC2(C1)CN(c1nccc(Nc3cc(C4CC4)[nH]n3)n1)C2. The second-order valence-electron chi connectivity index (χ2n) is 7.69. The van der Waals surface area contributed by atoms with Crippen LogP contribution in [0.2, 0.25) is 0 Å². The molecule has 4 heterocycles. The minimum absolute atomic E-state index is 0.461. The largest absolute Gasteiger partial charge is 0.339 e. The van der Waals surface area contributed by atoms with E-state index in [1.807, 2.05) is 12.3 Å². The van der Waals surface area contributed by atoms with E-state index in [4.69, 9.17) is 0 Å². The molecule has 3 fully saturated rings. The summed E-state index contributed by atoms with van der Waals surface area (Å²) < 4.78 is 0. The molecule has 2 aromatic rings. The maximum Gasteiger partial charge on any atom is 0.227 e. The van der Waals surface area contributed by atoms with Crippen molar-refractivity contribution in [3.8, 4) is 0 Å². The van der Waals surface area contributed by atoms with Gasteiger partial charge in [-0.05, 0) is 38.9 Å². The number of nitrogens with zero attached hydrogens (tertiary/aromatic N) is 5. The fraction of sp³-hybridized carbons (Fsp3) is 0.588. The van der Waals surface area contributed by atoms with E-state index in [-0.39, 0.29) is 0 Å². The second-order valence-corrected chi connectivity index (χ2v) is 7.69. The Bertz CT molecular complexity index is 745. The Labute approximate surface area is 141 Å². The molecular formula is C17H23N7. The predicted octanol–water partition coefficient (Wildman–Crippen LogP) is 1.96. The Morgan fingerprint density at radius 3 is 2.88 bits per heavy atom. The predicted molar refractivity (Wildman–Crippen MR) is 92.6 cm³/mol. The molecular weight excluding hydrogens is 302 g/mol. The van der Waals surface area contributed by atoms with Crippen molar-refractivity contribution in [2.75, 3.05) is 43.4 Å². The van der Waals surface area contributed by atoms with Crippen LogP contribution < -0.4 is 10.2 Å². The van der Waals surface area contributed by atoms with E-state index < -0.39 is 0 Å². The monoisotopic (exact) mass is 325 g/mol. The minimum Gasteiger partial charge on any atom is -0.339 e. The van der Waals surface area contributed by atoms with Gasteiger partial charge in [0.15, 0.2) is 5.82 Å². The number of anilines is 3. The molecule has 0 bridgehead atoms. The number of hydrogen-bond donors (Lipinski definition) is 2. The van der Waals surface area contributed by atoms with E-state index in [9.17, 15) is 0 Å².